The number of carbonyl (C=O) groups is 1. The maximum Gasteiger partial charge on any atom is 0.218 e. The zero-order valence-corrected chi connectivity index (χ0v) is 13.0. The summed E-state index contributed by atoms with van der Waals surface area (Å²) in [7, 11) is 1.61. The first-order valence-corrected chi connectivity index (χ1v) is 7.07. The zero-order valence-electron chi connectivity index (χ0n) is 12.2. The van der Waals surface area contributed by atoms with Crippen LogP contribution in [0.15, 0.2) is 48.0 Å². The van der Waals surface area contributed by atoms with Crippen molar-refractivity contribution in [1.82, 2.24) is 0 Å². The van der Waals surface area contributed by atoms with E-state index in [0.717, 1.165) is 6.07 Å². The van der Waals surface area contributed by atoms with Crippen LogP contribution in [-0.4, -0.2) is 19.0 Å². The molecule has 2 rings (SSSR count). The highest BCUT2D eigenvalue weighted by atomic mass is 35.5. The molecule has 118 valence electrons. The second kappa shape index (κ2) is 7.15. The molecule has 0 atom stereocenters. The Bertz CT molecular complexity index is 799. The highest BCUT2D eigenvalue weighted by molar-refractivity contribution is 6.31. The fourth-order valence-corrected chi connectivity index (χ4v) is 2.29. The maximum absolute atomic E-state index is 13.9. The predicted molar refractivity (Wildman–Crippen MR) is 86.0 cm³/mol. The Morgan fingerprint density at radius 1 is 1.17 bits per heavy atom. The molecule has 0 aliphatic heterocycles. The molecule has 0 saturated carbocycles. The number of benzene rings is 2. The average molecular weight is 336 g/mol. The summed E-state index contributed by atoms with van der Waals surface area (Å²) in [6.07, 6.45) is 0.526. The Kier molecular flexibility index (Phi) is 5.24. The van der Waals surface area contributed by atoms with E-state index in [0.29, 0.717) is 28.7 Å². The topological polar surface area (TPSA) is 57.1 Å². The number of nitrogens with two attached hydrogens (primary N) is 1. The molecule has 3 nitrogen and oxygen atoms in total. The SMILES string of the molecule is C[NH+]=C(C(C=O)=C(N)c1ccc(F)cc1F)c1ccc(Cl)cc1. The van der Waals surface area contributed by atoms with Crippen molar-refractivity contribution < 1.29 is 18.6 Å². The summed E-state index contributed by atoms with van der Waals surface area (Å²) in [6, 6.07) is 9.70. The van der Waals surface area contributed by atoms with Crippen molar-refractivity contribution in [3.63, 3.8) is 0 Å². The van der Waals surface area contributed by atoms with Crippen LogP contribution >= 0.6 is 11.6 Å². The molecule has 0 spiro atoms. The molecule has 0 amide bonds. The van der Waals surface area contributed by atoms with E-state index in [1.807, 2.05) is 0 Å². The lowest BCUT2D eigenvalue weighted by molar-refractivity contribution is -0.418. The van der Waals surface area contributed by atoms with E-state index >= 15 is 0 Å². The Labute approximate surface area is 137 Å². The van der Waals surface area contributed by atoms with Crippen molar-refractivity contribution in [2.45, 2.75) is 0 Å². The fourth-order valence-electron chi connectivity index (χ4n) is 2.16. The summed E-state index contributed by atoms with van der Waals surface area (Å²) < 4.78 is 26.9. The highest BCUT2D eigenvalue weighted by Crippen LogP contribution is 2.20. The molecule has 23 heavy (non-hydrogen) atoms. The van der Waals surface area contributed by atoms with Crippen molar-refractivity contribution >= 4 is 29.3 Å². The molecule has 6 heteroatoms. The second-order valence-electron chi connectivity index (χ2n) is 4.70. The van der Waals surface area contributed by atoms with E-state index < -0.39 is 11.6 Å². The van der Waals surface area contributed by atoms with Crippen LogP contribution in [0, 0.1) is 11.6 Å². The van der Waals surface area contributed by atoms with Gasteiger partial charge in [0.25, 0.3) is 0 Å². The van der Waals surface area contributed by atoms with Gasteiger partial charge in [0.05, 0.1) is 5.70 Å². The number of aldehydes is 1. The normalized spacial score (nSPS) is 12.8. The maximum atomic E-state index is 13.9. The smallest absolute Gasteiger partial charge is 0.218 e. The molecule has 0 saturated heterocycles. The third-order valence-electron chi connectivity index (χ3n) is 3.28. The number of hydrogen-bond donors (Lipinski definition) is 2. The molecular weight excluding hydrogens is 322 g/mol. The van der Waals surface area contributed by atoms with Gasteiger partial charge < -0.3 is 5.73 Å². The Balaban J connectivity index is 2.59. The molecule has 0 aliphatic rings. The predicted octanol–water partition coefficient (Wildman–Crippen LogP) is 1.69. The van der Waals surface area contributed by atoms with Gasteiger partial charge in [0.15, 0.2) is 6.29 Å². The van der Waals surface area contributed by atoms with Crippen molar-refractivity contribution in [2.24, 2.45) is 5.73 Å². The number of rotatable bonds is 4. The summed E-state index contributed by atoms with van der Waals surface area (Å²) in [5, 5.41) is 0.540. The summed E-state index contributed by atoms with van der Waals surface area (Å²) in [5.41, 5.74) is 6.95. The fraction of sp³-hybridized carbons (Fsp3) is 0.0588. The van der Waals surface area contributed by atoms with Gasteiger partial charge in [0.2, 0.25) is 5.71 Å². The van der Waals surface area contributed by atoms with Gasteiger partial charge in [-0.05, 0) is 36.4 Å². The van der Waals surface area contributed by atoms with Crippen LogP contribution < -0.4 is 10.7 Å². The average Bonchev–Trinajstić information content (AvgIpc) is 2.53. The molecule has 3 N–H and O–H groups in total. The third kappa shape index (κ3) is 3.63. The van der Waals surface area contributed by atoms with Gasteiger partial charge in [-0.3, -0.25) is 4.79 Å². The van der Waals surface area contributed by atoms with E-state index in [-0.39, 0.29) is 16.8 Å². The molecular formula is C17H14ClF2N2O+. The van der Waals surface area contributed by atoms with Crippen LogP contribution in [0.2, 0.25) is 5.02 Å². The summed E-state index contributed by atoms with van der Waals surface area (Å²) in [6.45, 7) is 0. The Hall–Kier alpha value is -2.53. The number of carbonyl (C=O) groups excluding carboxylic acids is 1. The molecule has 0 radical (unpaired) electrons. The van der Waals surface area contributed by atoms with Crippen LogP contribution in [0.25, 0.3) is 5.70 Å². The van der Waals surface area contributed by atoms with Gasteiger partial charge in [0, 0.05) is 22.2 Å². The van der Waals surface area contributed by atoms with Crippen molar-refractivity contribution in [3.8, 4) is 0 Å². The molecule has 2 aromatic carbocycles. The van der Waals surface area contributed by atoms with E-state index in [2.05, 4.69) is 4.99 Å². The summed E-state index contributed by atoms with van der Waals surface area (Å²) >= 11 is 5.85. The van der Waals surface area contributed by atoms with E-state index in [1.165, 1.54) is 6.07 Å². The number of hydrogen-bond acceptors (Lipinski definition) is 2. The molecule has 0 bridgehead atoms. The number of halogens is 3. The summed E-state index contributed by atoms with van der Waals surface area (Å²) in [5.74, 6) is -1.56. The Morgan fingerprint density at radius 2 is 1.83 bits per heavy atom. The van der Waals surface area contributed by atoms with E-state index in [1.54, 1.807) is 31.3 Å². The van der Waals surface area contributed by atoms with Crippen molar-refractivity contribution in [3.05, 3.63) is 75.8 Å². The summed E-state index contributed by atoms with van der Waals surface area (Å²) in [4.78, 5) is 14.4. The molecule has 0 unspecified atom stereocenters. The van der Waals surface area contributed by atoms with Gasteiger partial charge >= 0.3 is 0 Å². The lowest BCUT2D eigenvalue weighted by atomic mass is 9.98. The number of allylic oxidation sites excluding steroid dienone is 1. The van der Waals surface area contributed by atoms with Gasteiger partial charge in [-0.1, -0.05) is 11.6 Å². The molecule has 0 heterocycles. The molecule has 0 aliphatic carbocycles. The van der Waals surface area contributed by atoms with E-state index in [4.69, 9.17) is 17.3 Å². The minimum atomic E-state index is -0.839. The van der Waals surface area contributed by atoms with Gasteiger partial charge in [0.1, 0.15) is 24.3 Å². The van der Waals surface area contributed by atoms with Gasteiger partial charge in [-0.25, -0.2) is 13.8 Å². The minimum Gasteiger partial charge on any atom is -0.397 e. The standard InChI is InChI=1S/C17H13ClF2N2O/c1-22-17(10-2-4-11(18)5-3-10)14(9-23)16(21)13-7-6-12(19)8-15(13)20/h2-9H,21H2,1H3/p+1. The monoisotopic (exact) mass is 335 g/mol. The quantitative estimate of drug-likeness (QED) is 0.507. The van der Waals surface area contributed by atoms with Crippen LogP contribution in [0.5, 0.6) is 0 Å². The first-order valence-electron chi connectivity index (χ1n) is 6.69. The van der Waals surface area contributed by atoms with Crippen LogP contribution in [0.4, 0.5) is 8.78 Å². The van der Waals surface area contributed by atoms with Crippen LogP contribution in [0.3, 0.4) is 0 Å². The first-order chi connectivity index (χ1) is 11.0. The molecule has 0 fully saturated rings. The van der Waals surface area contributed by atoms with Crippen molar-refractivity contribution in [2.75, 3.05) is 7.05 Å². The number of nitrogens with one attached hydrogen (secondary N) is 1. The van der Waals surface area contributed by atoms with Crippen molar-refractivity contribution in [1.29, 1.82) is 0 Å². The molecule has 2 aromatic rings. The van der Waals surface area contributed by atoms with Crippen LogP contribution in [-0.2, 0) is 4.79 Å². The minimum absolute atomic E-state index is 0.0461. The largest absolute Gasteiger partial charge is 0.397 e. The molecule has 0 aromatic heterocycles. The Morgan fingerprint density at radius 3 is 2.35 bits per heavy atom. The second-order valence-corrected chi connectivity index (χ2v) is 5.14. The third-order valence-corrected chi connectivity index (χ3v) is 3.53. The first kappa shape index (κ1) is 16.8. The van der Waals surface area contributed by atoms with Gasteiger partial charge in [-0.2, -0.15) is 0 Å². The van der Waals surface area contributed by atoms with Gasteiger partial charge in [-0.15, -0.1) is 0 Å². The van der Waals surface area contributed by atoms with E-state index in [9.17, 15) is 13.6 Å². The van der Waals surface area contributed by atoms with Crippen LogP contribution in [0.1, 0.15) is 11.1 Å². The highest BCUT2D eigenvalue weighted by Gasteiger charge is 2.21. The lowest BCUT2D eigenvalue weighted by Gasteiger charge is -2.08. The zero-order chi connectivity index (χ0) is 17.0. The lowest BCUT2D eigenvalue weighted by Crippen LogP contribution is -2.69.